The van der Waals surface area contributed by atoms with Gasteiger partial charge < -0.3 is 15.4 Å². The lowest BCUT2D eigenvalue weighted by Gasteiger charge is -2.35. The highest BCUT2D eigenvalue weighted by molar-refractivity contribution is 9.10. The zero-order valence-electron chi connectivity index (χ0n) is 18.3. The summed E-state index contributed by atoms with van der Waals surface area (Å²) in [4.78, 5) is 40.4. The van der Waals surface area contributed by atoms with Gasteiger partial charge in [-0.2, -0.15) is 0 Å². The molecule has 3 amide bonds. The van der Waals surface area contributed by atoms with Crippen LogP contribution >= 0.6 is 15.9 Å². The Bertz CT molecular complexity index is 1260. The Kier molecular flexibility index (Phi) is 7.08. The van der Waals surface area contributed by atoms with Crippen LogP contribution in [-0.2, 0) is 14.4 Å². The number of carbonyl (C=O) groups excluding carboxylic acids is 3. The molecule has 1 aliphatic heterocycles. The van der Waals surface area contributed by atoms with E-state index in [1.165, 1.54) is 11.0 Å². The van der Waals surface area contributed by atoms with Gasteiger partial charge in [-0.1, -0.05) is 46.3 Å². The number of nitrogens with one attached hydrogen (secondary N) is 2. The van der Waals surface area contributed by atoms with E-state index in [4.69, 9.17) is 4.74 Å². The summed E-state index contributed by atoms with van der Waals surface area (Å²) in [6.07, 6.45) is 2.86. The van der Waals surface area contributed by atoms with Crippen molar-refractivity contribution < 1.29 is 19.1 Å². The summed E-state index contributed by atoms with van der Waals surface area (Å²) in [5, 5.41) is 5.59. The van der Waals surface area contributed by atoms with Crippen LogP contribution < -0.4 is 20.3 Å². The smallest absolute Gasteiger partial charge is 0.251 e. The van der Waals surface area contributed by atoms with E-state index >= 15 is 0 Å². The number of halogens is 1. The lowest BCUT2D eigenvalue weighted by atomic mass is 10.0. The maximum Gasteiger partial charge on any atom is 0.251 e. The van der Waals surface area contributed by atoms with E-state index in [1.807, 2.05) is 18.2 Å². The fraction of sp³-hybridized carbons (Fsp3) is 0.115. The monoisotopic (exact) mass is 519 g/mol. The van der Waals surface area contributed by atoms with Gasteiger partial charge in [-0.3, -0.25) is 19.3 Å². The highest BCUT2D eigenvalue weighted by Crippen LogP contribution is 2.33. The molecule has 4 rings (SSSR count). The van der Waals surface area contributed by atoms with Crippen LogP contribution in [0.4, 0.5) is 17.1 Å². The molecule has 3 aromatic rings. The largest absolute Gasteiger partial charge is 0.497 e. The highest BCUT2D eigenvalue weighted by atomic mass is 79.9. The Morgan fingerprint density at radius 3 is 2.59 bits per heavy atom. The average Bonchev–Trinajstić information content (AvgIpc) is 2.83. The first kappa shape index (κ1) is 23.3. The van der Waals surface area contributed by atoms with Crippen molar-refractivity contribution >= 4 is 56.8 Å². The van der Waals surface area contributed by atoms with Crippen molar-refractivity contribution in [2.24, 2.45) is 0 Å². The number of benzene rings is 3. The first-order chi connectivity index (χ1) is 16.4. The molecular formula is C26H22BrN3O4. The van der Waals surface area contributed by atoms with Crippen molar-refractivity contribution in [3.63, 3.8) is 0 Å². The zero-order chi connectivity index (χ0) is 24.1. The zero-order valence-corrected chi connectivity index (χ0v) is 19.9. The van der Waals surface area contributed by atoms with E-state index in [1.54, 1.807) is 67.8 Å². The van der Waals surface area contributed by atoms with Gasteiger partial charge in [-0.25, -0.2) is 0 Å². The van der Waals surface area contributed by atoms with Gasteiger partial charge in [0.05, 0.1) is 24.9 Å². The number of ether oxygens (including phenoxy) is 1. The van der Waals surface area contributed by atoms with Crippen LogP contribution in [0.5, 0.6) is 5.75 Å². The number of para-hydroxylation sites is 2. The SMILES string of the molecule is COc1ccc(/C=C/C(=O)N2c3ccccc3NC(=O)C2CC(=O)Nc2cccc(Br)c2)cc1. The molecule has 1 heterocycles. The number of rotatable bonds is 6. The van der Waals surface area contributed by atoms with E-state index in [-0.39, 0.29) is 12.3 Å². The predicted octanol–water partition coefficient (Wildman–Crippen LogP) is 4.85. The summed E-state index contributed by atoms with van der Waals surface area (Å²) in [7, 11) is 1.58. The van der Waals surface area contributed by atoms with E-state index in [2.05, 4.69) is 26.6 Å². The minimum absolute atomic E-state index is 0.200. The summed E-state index contributed by atoms with van der Waals surface area (Å²) in [6.45, 7) is 0. The maximum atomic E-state index is 13.3. The molecule has 0 spiro atoms. The van der Waals surface area contributed by atoms with Crippen molar-refractivity contribution in [3.05, 3.63) is 88.9 Å². The van der Waals surface area contributed by atoms with Gasteiger partial charge in [-0.05, 0) is 54.1 Å². The third-order valence-corrected chi connectivity index (χ3v) is 5.79. The quantitative estimate of drug-likeness (QED) is 0.455. The molecular weight excluding hydrogens is 498 g/mol. The minimum Gasteiger partial charge on any atom is -0.497 e. The van der Waals surface area contributed by atoms with Gasteiger partial charge >= 0.3 is 0 Å². The molecule has 3 aromatic carbocycles. The molecule has 1 atom stereocenters. The van der Waals surface area contributed by atoms with Gasteiger partial charge in [0.1, 0.15) is 11.8 Å². The molecule has 0 saturated carbocycles. The molecule has 7 nitrogen and oxygen atoms in total. The molecule has 0 radical (unpaired) electrons. The van der Waals surface area contributed by atoms with E-state index in [9.17, 15) is 14.4 Å². The molecule has 172 valence electrons. The topological polar surface area (TPSA) is 87.7 Å². The lowest BCUT2D eigenvalue weighted by molar-refractivity contribution is -0.124. The summed E-state index contributed by atoms with van der Waals surface area (Å²) in [5.41, 5.74) is 2.44. The maximum absolute atomic E-state index is 13.3. The second kappa shape index (κ2) is 10.4. The van der Waals surface area contributed by atoms with Crippen LogP contribution in [0.1, 0.15) is 12.0 Å². The Morgan fingerprint density at radius 2 is 1.85 bits per heavy atom. The second-order valence-corrected chi connectivity index (χ2v) is 8.52. The van der Waals surface area contributed by atoms with E-state index in [0.717, 1.165) is 10.0 Å². The molecule has 1 unspecified atom stereocenters. The van der Waals surface area contributed by atoms with Crippen LogP contribution in [0, 0.1) is 0 Å². The number of nitrogens with zero attached hydrogens (tertiary/aromatic N) is 1. The molecule has 8 heteroatoms. The summed E-state index contributed by atoms with van der Waals surface area (Å²) < 4.78 is 5.97. The van der Waals surface area contributed by atoms with Crippen LogP contribution in [0.15, 0.2) is 83.3 Å². The molecule has 0 bridgehead atoms. The van der Waals surface area contributed by atoms with Crippen LogP contribution in [-0.4, -0.2) is 30.9 Å². The number of fused-ring (bicyclic) bond motifs is 1. The summed E-state index contributed by atoms with van der Waals surface area (Å²) in [5.74, 6) is -0.496. The van der Waals surface area contributed by atoms with Crippen LogP contribution in [0.25, 0.3) is 6.08 Å². The van der Waals surface area contributed by atoms with Crippen LogP contribution in [0.2, 0.25) is 0 Å². The highest BCUT2D eigenvalue weighted by Gasteiger charge is 2.37. The van der Waals surface area contributed by atoms with Crippen molar-refractivity contribution in [2.75, 3.05) is 22.6 Å². The van der Waals surface area contributed by atoms with Crippen molar-refractivity contribution in [3.8, 4) is 5.75 Å². The van der Waals surface area contributed by atoms with Gasteiger partial charge in [0.15, 0.2) is 0 Å². The molecule has 1 aliphatic rings. The number of carbonyl (C=O) groups is 3. The average molecular weight is 520 g/mol. The van der Waals surface area contributed by atoms with Crippen molar-refractivity contribution in [1.82, 2.24) is 0 Å². The van der Waals surface area contributed by atoms with Gasteiger partial charge in [0.25, 0.3) is 5.91 Å². The predicted molar refractivity (Wildman–Crippen MR) is 136 cm³/mol. The number of anilines is 3. The first-order valence-electron chi connectivity index (χ1n) is 10.6. The Balaban J connectivity index is 1.58. The summed E-state index contributed by atoms with van der Waals surface area (Å²) >= 11 is 3.37. The number of hydrogen-bond donors (Lipinski definition) is 2. The fourth-order valence-corrected chi connectivity index (χ4v) is 4.06. The Labute approximate surface area is 205 Å². The Hall–Kier alpha value is -3.91. The first-order valence-corrected chi connectivity index (χ1v) is 11.3. The normalized spacial score (nSPS) is 14.9. The molecule has 0 fully saturated rings. The van der Waals surface area contributed by atoms with Crippen molar-refractivity contribution in [2.45, 2.75) is 12.5 Å². The summed E-state index contributed by atoms with van der Waals surface area (Å²) in [6, 6.07) is 20.4. The van der Waals surface area contributed by atoms with Gasteiger partial charge in [0, 0.05) is 16.2 Å². The second-order valence-electron chi connectivity index (χ2n) is 7.60. The third-order valence-electron chi connectivity index (χ3n) is 5.29. The fourth-order valence-electron chi connectivity index (χ4n) is 3.66. The van der Waals surface area contributed by atoms with Crippen LogP contribution in [0.3, 0.4) is 0 Å². The third kappa shape index (κ3) is 5.35. The molecule has 0 aliphatic carbocycles. The van der Waals surface area contributed by atoms with E-state index < -0.39 is 17.9 Å². The number of hydrogen-bond acceptors (Lipinski definition) is 4. The standard InChI is InChI=1S/C26H22BrN3O4/c1-34-20-12-9-17(10-13-20)11-14-25(32)30-22-8-3-2-7-21(22)29-26(33)23(30)16-24(31)28-19-6-4-5-18(27)15-19/h2-15,23H,16H2,1H3,(H,28,31)(H,29,33)/b14-11+. The minimum atomic E-state index is -1.00. The lowest BCUT2D eigenvalue weighted by Crippen LogP contribution is -2.52. The Morgan fingerprint density at radius 1 is 1.09 bits per heavy atom. The van der Waals surface area contributed by atoms with E-state index in [0.29, 0.717) is 22.8 Å². The molecule has 0 saturated heterocycles. The van der Waals surface area contributed by atoms with Gasteiger partial charge in [-0.15, -0.1) is 0 Å². The number of amides is 3. The number of methoxy groups -OCH3 is 1. The van der Waals surface area contributed by atoms with Gasteiger partial charge in [0.2, 0.25) is 11.8 Å². The van der Waals surface area contributed by atoms with Crippen molar-refractivity contribution in [1.29, 1.82) is 0 Å². The molecule has 2 N–H and O–H groups in total. The molecule has 34 heavy (non-hydrogen) atoms. The molecule has 0 aromatic heterocycles.